The number of carboxylic acid groups (broad SMARTS) is 1. The summed E-state index contributed by atoms with van der Waals surface area (Å²) in [4.78, 5) is 13.4. The highest BCUT2D eigenvalue weighted by molar-refractivity contribution is 5.74. The van der Waals surface area contributed by atoms with E-state index in [0.29, 0.717) is 12.5 Å². The van der Waals surface area contributed by atoms with Gasteiger partial charge < -0.3 is 10.0 Å². The van der Waals surface area contributed by atoms with E-state index >= 15 is 0 Å². The van der Waals surface area contributed by atoms with Gasteiger partial charge in [-0.3, -0.25) is 4.79 Å². The summed E-state index contributed by atoms with van der Waals surface area (Å²) < 4.78 is 0. The molecule has 1 heterocycles. The minimum Gasteiger partial charge on any atom is -0.481 e. The molecule has 0 saturated carbocycles. The van der Waals surface area contributed by atoms with Crippen molar-refractivity contribution >= 4 is 11.7 Å². The van der Waals surface area contributed by atoms with Gasteiger partial charge in [-0.25, -0.2) is 0 Å². The Kier molecular flexibility index (Phi) is 2.86. The van der Waals surface area contributed by atoms with Gasteiger partial charge in [-0.2, -0.15) is 0 Å². The average Bonchev–Trinajstić information content (AvgIpc) is 2.56. The van der Waals surface area contributed by atoms with E-state index in [1.54, 1.807) is 13.8 Å². The molecule has 2 rings (SSSR count). The second-order valence-corrected chi connectivity index (χ2v) is 5.49. The number of benzene rings is 1. The number of hydrogen-bond acceptors (Lipinski definition) is 2. The van der Waals surface area contributed by atoms with Gasteiger partial charge in [0.1, 0.15) is 0 Å². The maximum atomic E-state index is 11.2. The fourth-order valence-corrected chi connectivity index (χ4v) is 2.50. The number of likely N-dealkylation sites (N-methyl/N-ethyl adjacent to an activating group) is 1. The molecule has 1 aromatic rings. The Morgan fingerprint density at radius 2 is 2.12 bits per heavy atom. The number of para-hydroxylation sites is 1. The SMILES string of the molecule is CN1c2ccccc2CC1CC(C)(C)C(=O)O. The van der Waals surface area contributed by atoms with Gasteiger partial charge in [-0.1, -0.05) is 18.2 Å². The molecular formula is C14H19NO2. The van der Waals surface area contributed by atoms with Crippen molar-refractivity contribution in [2.24, 2.45) is 5.41 Å². The number of aliphatic carboxylic acids is 1. The zero-order chi connectivity index (χ0) is 12.6. The van der Waals surface area contributed by atoms with Crippen LogP contribution in [0.25, 0.3) is 0 Å². The first kappa shape index (κ1) is 12.0. The second-order valence-electron chi connectivity index (χ2n) is 5.49. The number of hydrogen-bond donors (Lipinski definition) is 1. The molecule has 0 aliphatic carbocycles. The van der Waals surface area contributed by atoms with Crippen molar-refractivity contribution in [2.75, 3.05) is 11.9 Å². The minimum atomic E-state index is -0.721. The fourth-order valence-electron chi connectivity index (χ4n) is 2.50. The van der Waals surface area contributed by atoms with Crippen molar-refractivity contribution < 1.29 is 9.90 Å². The number of fused-ring (bicyclic) bond motifs is 1. The van der Waals surface area contributed by atoms with Crippen LogP contribution >= 0.6 is 0 Å². The lowest BCUT2D eigenvalue weighted by Gasteiger charge is -2.29. The molecule has 3 nitrogen and oxygen atoms in total. The van der Waals surface area contributed by atoms with Crippen LogP contribution in [0.3, 0.4) is 0 Å². The number of rotatable bonds is 3. The van der Waals surface area contributed by atoms with Crippen LogP contribution in [0.15, 0.2) is 24.3 Å². The van der Waals surface area contributed by atoms with Crippen molar-refractivity contribution in [2.45, 2.75) is 32.7 Å². The third-order valence-electron chi connectivity index (χ3n) is 3.70. The largest absolute Gasteiger partial charge is 0.481 e. The molecule has 1 atom stereocenters. The van der Waals surface area contributed by atoms with Crippen molar-refractivity contribution in [1.29, 1.82) is 0 Å². The van der Waals surface area contributed by atoms with Crippen LogP contribution in [-0.4, -0.2) is 24.2 Å². The predicted molar refractivity (Wildman–Crippen MR) is 68.4 cm³/mol. The third-order valence-corrected chi connectivity index (χ3v) is 3.70. The maximum Gasteiger partial charge on any atom is 0.309 e. The zero-order valence-corrected chi connectivity index (χ0v) is 10.6. The van der Waals surface area contributed by atoms with Gasteiger partial charge in [0.25, 0.3) is 0 Å². The van der Waals surface area contributed by atoms with Gasteiger partial charge in [-0.05, 0) is 38.3 Å². The molecule has 0 aromatic heterocycles. The highest BCUT2D eigenvalue weighted by Crippen LogP contribution is 2.36. The highest BCUT2D eigenvalue weighted by atomic mass is 16.4. The van der Waals surface area contributed by atoms with E-state index in [2.05, 4.69) is 24.1 Å². The first-order valence-corrected chi connectivity index (χ1v) is 5.96. The van der Waals surface area contributed by atoms with E-state index in [4.69, 9.17) is 0 Å². The molecule has 92 valence electrons. The van der Waals surface area contributed by atoms with Gasteiger partial charge in [-0.15, -0.1) is 0 Å². The molecule has 1 aliphatic rings. The Hall–Kier alpha value is -1.51. The van der Waals surface area contributed by atoms with Gasteiger partial charge in [0.15, 0.2) is 0 Å². The van der Waals surface area contributed by atoms with Crippen LogP contribution in [0.1, 0.15) is 25.8 Å². The first-order chi connectivity index (χ1) is 7.92. The monoisotopic (exact) mass is 233 g/mol. The Labute approximate surface area is 102 Å². The Morgan fingerprint density at radius 3 is 2.71 bits per heavy atom. The number of carboxylic acids is 1. The summed E-state index contributed by atoms with van der Waals surface area (Å²) in [5.41, 5.74) is 1.89. The van der Waals surface area contributed by atoms with E-state index < -0.39 is 11.4 Å². The third kappa shape index (κ3) is 2.14. The Morgan fingerprint density at radius 1 is 1.47 bits per heavy atom. The molecular weight excluding hydrogens is 214 g/mol. The number of anilines is 1. The molecule has 0 saturated heterocycles. The summed E-state index contributed by atoms with van der Waals surface area (Å²) in [5.74, 6) is -0.721. The summed E-state index contributed by atoms with van der Waals surface area (Å²) in [6.07, 6.45) is 1.62. The summed E-state index contributed by atoms with van der Waals surface area (Å²) in [6.45, 7) is 3.60. The van der Waals surface area contributed by atoms with Crippen LogP contribution in [0, 0.1) is 5.41 Å². The van der Waals surface area contributed by atoms with E-state index in [1.807, 2.05) is 12.1 Å². The van der Waals surface area contributed by atoms with Gasteiger partial charge >= 0.3 is 5.97 Å². The van der Waals surface area contributed by atoms with Crippen molar-refractivity contribution in [1.82, 2.24) is 0 Å². The van der Waals surface area contributed by atoms with E-state index in [9.17, 15) is 9.90 Å². The molecule has 1 N–H and O–H groups in total. The van der Waals surface area contributed by atoms with Gasteiger partial charge in [0, 0.05) is 18.8 Å². The van der Waals surface area contributed by atoms with E-state index in [-0.39, 0.29) is 0 Å². The molecule has 17 heavy (non-hydrogen) atoms. The lowest BCUT2D eigenvalue weighted by molar-refractivity contribution is -0.147. The molecule has 1 unspecified atom stereocenters. The second kappa shape index (κ2) is 4.06. The first-order valence-electron chi connectivity index (χ1n) is 5.96. The van der Waals surface area contributed by atoms with Crippen LogP contribution in [-0.2, 0) is 11.2 Å². The van der Waals surface area contributed by atoms with Crippen LogP contribution in [0.4, 0.5) is 5.69 Å². The topological polar surface area (TPSA) is 40.5 Å². The molecule has 0 bridgehead atoms. The molecule has 1 aromatic carbocycles. The van der Waals surface area contributed by atoms with Crippen LogP contribution < -0.4 is 4.90 Å². The lowest BCUT2D eigenvalue weighted by atomic mass is 9.85. The summed E-state index contributed by atoms with van der Waals surface area (Å²) in [7, 11) is 2.05. The van der Waals surface area contributed by atoms with Crippen LogP contribution in [0.5, 0.6) is 0 Å². The fraction of sp³-hybridized carbons (Fsp3) is 0.500. The summed E-state index contributed by atoms with van der Waals surface area (Å²) >= 11 is 0. The normalized spacial score (nSPS) is 19.2. The Balaban J connectivity index is 2.16. The van der Waals surface area contributed by atoms with Crippen molar-refractivity contribution in [3.05, 3.63) is 29.8 Å². The van der Waals surface area contributed by atoms with E-state index in [1.165, 1.54) is 11.3 Å². The van der Waals surface area contributed by atoms with Crippen molar-refractivity contribution in [3.8, 4) is 0 Å². The summed E-state index contributed by atoms with van der Waals surface area (Å²) in [5, 5.41) is 9.19. The molecule has 1 aliphatic heterocycles. The van der Waals surface area contributed by atoms with E-state index in [0.717, 1.165) is 6.42 Å². The molecule has 0 amide bonds. The molecule has 0 spiro atoms. The molecule has 3 heteroatoms. The number of nitrogens with zero attached hydrogens (tertiary/aromatic N) is 1. The van der Waals surface area contributed by atoms with Crippen molar-refractivity contribution in [3.63, 3.8) is 0 Å². The standard InChI is InChI=1S/C14H19NO2/c1-14(2,13(16)17)9-11-8-10-6-4-5-7-12(10)15(11)3/h4-7,11H,8-9H2,1-3H3,(H,16,17). The van der Waals surface area contributed by atoms with Gasteiger partial charge in [0.2, 0.25) is 0 Å². The molecule has 0 fully saturated rings. The molecule has 0 radical (unpaired) electrons. The lowest BCUT2D eigenvalue weighted by Crippen LogP contribution is -2.36. The van der Waals surface area contributed by atoms with Crippen LogP contribution in [0.2, 0.25) is 0 Å². The Bertz CT molecular complexity index is 440. The average molecular weight is 233 g/mol. The smallest absolute Gasteiger partial charge is 0.309 e. The number of carbonyl (C=O) groups is 1. The van der Waals surface area contributed by atoms with Gasteiger partial charge in [0.05, 0.1) is 5.41 Å². The quantitative estimate of drug-likeness (QED) is 0.872. The zero-order valence-electron chi connectivity index (χ0n) is 10.6. The minimum absolute atomic E-state index is 0.290. The predicted octanol–water partition coefficient (Wildman–Crippen LogP) is 2.55. The summed E-state index contributed by atoms with van der Waals surface area (Å²) in [6, 6.07) is 8.58. The highest BCUT2D eigenvalue weighted by Gasteiger charge is 2.35. The maximum absolute atomic E-state index is 11.2.